The first-order valence-electron chi connectivity index (χ1n) is 13.3. The van der Waals surface area contributed by atoms with E-state index in [1.807, 2.05) is 48.5 Å². The monoisotopic (exact) mass is 597 g/mol. The second-order valence-electron chi connectivity index (χ2n) is 10.3. The fourth-order valence-corrected chi connectivity index (χ4v) is 5.61. The van der Waals surface area contributed by atoms with Gasteiger partial charge in [-0.2, -0.15) is 0 Å². The van der Waals surface area contributed by atoms with Crippen molar-refractivity contribution in [3.63, 3.8) is 0 Å². The van der Waals surface area contributed by atoms with Crippen molar-refractivity contribution < 1.29 is 29.3 Å². The van der Waals surface area contributed by atoms with Gasteiger partial charge >= 0.3 is 0 Å². The summed E-state index contributed by atoms with van der Waals surface area (Å²) < 4.78 is 12.1. The van der Waals surface area contributed by atoms with Crippen molar-refractivity contribution in [2.45, 2.75) is 0 Å². The maximum absolute atomic E-state index is 10.8. The van der Waals surface area contributed by atoms with Crippen LogP contribution in [0.4, 0.5) is 0 Å². The number of benzene rings is 5. The molecule has 0 atom stereocenters. The molecule has 0 bridgehead atoms. The van der Waals surface area contributed by atoms with Crippen LogP contribution in [0.1, 0.15) is 0 Å². The van der Waals surface area contributed by atoms with Gasteiger partial charge in [0.15, 0.2) is 29.0 Å². The Morgan fingerprint density at radius 2 is 1.07 bits per heavy atom. The quantitative estimate of drug-likeness (QED) is 0.0966. The highest BCUT2D eigenvalue weighted by Crippen LogP contribution is 2.45. The molecule has 8 aromatic rings. The van der Waals surface area contributed by atoms with Gasteiger partial charge in [-0.1, -0.05) is 41.9 Å². The third kappa shape index (κ3) is 3.85. The molecule has 0 aliphatic carbocycles. The fourth-order valence-electron chi connectivity index (χ4n) is 5.44. The number of rotatable bonds is 3. The number of aromatic nitrogens is 3. The van der Waals surface area contributed by atoms with Gasteiger partial charge in [0.25, 0.3) is 0 Å². The van der Waals surface area contributed by atoms with E-state index in [1.165, 1.54) is 0 Å². The van der Waals surface area contributed by atoms with Crippen LogP contribution in [0.2, 0.25) is 5.02 Å². The zero-order valence-corrected chi connectivity index (χ0v) is 23.2. The van der Waals surface area contributed by atoms with Gasteiger partial charge < -0.3 is 29.3 Å². The number of hydrogen-bond acceptors (Lipinski definition) is 9. The van der Waals surface area contributed by atoms with E-state index in [-0.39, 0.29) is 23.0 Å². The number of phenols is 4. The van der Waals surface area contributed by atoms with Crippen LogP contribution in [-0.4, -0.2) is 43.2 Å². The second kappa shape index (κ2) is 9.38. The minimum absolute atomic E-state index is 0.160. The molecule has 2 radical (unpaired) electrons. The number of para-hydroxylation sites is 1. The molecule has 3 aromatic heterocycles. The standard InChI is InChI=1S/C33H17BClN3O6/c34-26-25(27(39)29(41)30(42)28(26)40)33-37-31(14-5-8-18-17-3-1-2-4-21(17)43-23(18)11-14)36-32(38-33)15-6-9-19-20-13-16(35)7-10-22(20)44-24(19)12-15/h1-13,39-42H. The molecule has 4 N–H and O–H groups in total. The molecular weight excluding hydrogens is 581 g/mol. The largest absolute Gasteiger partial charge is 0.505 e. The number of furan rings is 2. The topological polar surface area (TPSA) is 146 Å². The van der Waals surface area contributed by atoms with Crippen LogP contribution in [0.5, 0.6) is 23.0 Å². The summed E-state index contributed by atoms with van der Waals surface area (Å²) in [6, 6.07) is 24.0. The van der Waals surface area contributed by atoms with Crippen LogP contribution in [0.15, 0.2) is 87.7 Å². The lowest BCUT2D eigenvalue weighted by Gasteiger charge is -2.14. The summed E-state index contributed by atoms with van der Waals surface area (Å²) in [6.45, 7) is 0. The van der Waals surface area contributed by atoms with E-state index in [2.05, 4.69) is 9.97 Å². The maximum Gasteiger partial charge on any atom is 0.205 e. The van der Waals surface area contributed by atoms with Gasteiger partial charge in [-0.3, -0.25) is 0 Å². The van der Waals surface area contributed by atoms with Crippen LogP contribution in [0, 0.1) is 0 Å². The molecule has 0 aliphatic heterocycles. The van der Waals surface area contributed by atoms with Crippen LogP contribution in [0.3, 0.4) is 0 Å². The Labute approximate surface area is 253 Å². The van der Waals surface area contributed by atoms with Crippen molar-refractivity contribution in [1.29, 1.82) is 0 Å². The molecule has 0 amide bonds. The summed E-state index contributed by atoms with van der Waals surface area (Å²) in [5, 5.41) is 45.6. The molecule has 3 heterocycles. The van der Waals surface area contributed by atoms with E-state index < -0.39 is 28.5 Å². The Bertz CT molecular complexity index is 2460. The van der Waals surface area contributed by atoms with Gasteiger partial charge in [0.1, 0.15) is 30.2 Å². The molecule has 0 fully saturated rings. The molecule has 9 nitrogen and oxygen atoms in total. The Morgan fingerprint density at radius 1 is 0.523 bits per heavy atom. The van der Waals surface area contributed by atoms with Crippen molar-refractivity contribution in [3.8, 4) is 57.2 Å². The molecule has 0 saturated carbocycles. The highest BCUT2D eigenvalue weighted by Gasteiger charge is 2.25. The Hall–Kier alpha value is -5.74. The van der Waals surface area contributed by atoms with Gasteiger partial charge in [-0.15, -0.1) is 0 Å². The van der Waals surface area contributed by atoms with Crippen molar-refractivity contribution >= 4 is 68.8 Å². The van der Waals surface area contributed by atoms with E-state index in [1.54, 1.807) is 30.3 Å². The van der Waals surface area contributed by atoms with Crippen LogP contribution in [0.25, 0.3) is 78.0 Å². The average Bonchev–Trinajstić information content (AvgIpc) is 3.59. The summed E-state index contributed by atoms with van der Waals surface area (Å²) in [4.78, 5) is 13.8. The lowest BCUT2D eigenvalue weighted by atomic mass is 9.87. The summed E-state index contributed by atoms with van der Waals surface area (Å²) in [7, 11) is 6.09. The number of phenolic OH excluding ortho intramolecular Hbond substituents is 4. The number of nitrogens with zero attached hydrogens (tertiary/aromatic N) is 3. The van der Waals surface area contributed by atoms with Crippen molar-refractivity contribution in [2.24, 2.45) is 0 Å². The van der Waals surface area contributed by atoms with Crippen molar-refractivity contribution in [2.75, 3.05) is 0 Å². The van der Waals surface area contributed by atoms with Gasteiger partial charge in [-0.05, 0) is 54.0 Å². The SMILES string of the molecule is [B]c1c(O)c(O)c(O)c(O)c1-c1nc(-c2ccc3c(c2)oc2ccccc23)nc(-c2ccc3c(c2)oc2ccc(Cl)cc23)n1. The van der Waals surface area contributed by atoms with E-state index in [0.717, 1.165) is 27.1 Å². The van der Waals surface area contributed by atoms with Crippen LogP contribution < -0.4 is 5.46 Å². The molecule has 0 aliphatic rings. The molecule has 0 saturated heterocycles. The summed E-state index contributed by atoms with van der Waals surface area (Å²) in [5.41, 5.74) is 2.94. The minimum atomic E-state index is -0.971. The molecule has 11 heteroatoms. The molecule has 8 rings (SSSR count). The first kappa shape index (κ1) is 25.9. The minimum Gasteiger partial charge on any atom is -0.505 e. The highest BCUT2D eigenvalue weighted by atomic mass is 35.5. The lowest BCUT2D eigenvalue weighted by Crippen LogP contribution is -2.11. The molecule has 210 valence electrons. The molecule has 5 aromatic carbocycles. The average molecular weight is 598 g/mol. The van der Waals surface area contributed by atoms with E-state index in [0.29, 0.717) is 32.9 Å². The summed E-state index contributed by atoms with van der Waals surface area (Å²) in [6.07, 6.45) is 0. The fraction of sp³-hybridized carbons (Fsp3) is 0. The lowest BCUT2D eigenvalue weighted by molar-refractivity contribution is 0.348. The number of hydrogen-bond donors (Lipinski definition) is 4. The van der Waals surface area contributed by atoms with Crippen LogP contribution >= 0.6 is 11.6 Å². The number of fused-ring (bicyclic) bond motifs is 6. The van der Waals surface area contributed by atoms with E-state index >= 15 is 0 Å². The van der Waals surface area contributed by atoms with Gasteiger partial charge in [-0.25, -0.2) is 15.0 Å². The maximum atomic E-state index is 10.8. The van der Waals surface area contributed by atoms with E-state index in [9.17, 15) is 20.4 Å². The normalized spacial score (nSPS) is 11.8. The number of halogens is 1. The third-order valence-corrected chi connectivity index (χ3v) is 7.86. The van der Waals surface area contributed by atoms with Crippen molar-refractivity contribution in [3.05, 3.63) is 83.9 Å². The smallest absolute Gasteiger partial charge is 0.205 e. The summed E-state index contributed by atoms with van der Waals surface area (Å²) in [5.74, 6) is -3.36. The predicted octanol–water partition coefficient (Wildman–Crippen LogP) is 6.94. The highest BCUT2D eigenvalue weighted by molar-refractivity contribution is 6.38. The second-order valence-corrected chi connectivity index (χ2v) is 10.7. The predicted molar refractivity (Wildman–Crippen MR) is 168 cm³/mol. The molecule has 0 spiro atoms. The first-order chi connectivity index (χ1) is 21.3. The third-order valence-electron chi connectivity index (χ3n) is 7.62. The Kier molecular flexibility index (Phi) is 5.53. The molecular formula is C33H17BClN3O6. The zero-order chi connectivity index (χ0) is 30.3. The molecule has 0 unspecified atom stereocenters. The van der Waals surface area contributed by atoms with Gasteiger partial charge in [0, 0.05) is 37.7 Å². The van der Waals surface area contributed by atoms with Gasteiger partial charge in [0.2, 0.25) is 11.5 Å². The van der Waals surface area contributed by atoms with E-state index in [4.69, 9.17) is 33.3 Å². The molecule has 44 heavy (non-hydrogen) atoms. The summed E-state index contributed by atoms with van der Waals surface area (Å²) >= 11 is 6.21. The van der Waals surface area contributed by atoms with Crippen LogP contribution in [-0.2, 0) is 0 Å². The van der Waals surface area contributed by atoms with Gasteiger partial charge in [0.05, 0.1) is 5.56 Å². The zero-order valence-electron chi connectivity index (χ0n) is 22.4. The Balaban J connectivity index is 1.37. The number of aromatic hydroxyl groups is 4. The van der Waals surface area contributed by atoms with Crippen molar-refractivity contribution in [1.82, 2.24) is 15.0 Å². The first-order valence-corrected chi connectivity index (χ1v) is 13.7. The Morgan fingerprint density at radius 3 is 1.75 bits per heavy atom.